The summed E-state index contributed by atoms with van der Waals surface area (Å²) in [5, 5.41) is 10.9. The second-order valence-electron chi connectivity index (χ2n) is 5.79. The van der Waals surface area contributed by atoms with Crippen molar-refractivity contribution in [2.24, 2.45) is 0 Å². The van der Waals surface area contributed by atoms with Gasteiger partial charge in [0.2, 0.25) is 10.0 Å². The van der Waals surface area contributed by atoms with Crippen molar-refractivity contribution < 1.29 is 36.3 Å². The Balaban J connectivity index is 2.18. The number of nitrogens with zero attached hydrogens (tertiary/aromatic N) is 1. The predicted octanol–water partition coefficient (Wildman–Crippen LogP) is 1.61. The normalized spacial score (nSPS) is 19.1. The fourth-order valence-electron chi connectivity index (χ4n) is 2.64. The van der Waals surface area contributed by atoms with Gasteiger partial charge in [-0.25, -0.2) is 8.42 Å². The van der Waals surface area contributed by atoms with Gasteiger partial charge in [0.1, 0.15) is 12.6 Å². The Morgan fingerprint density at radius 1 is 1.19 bits per heavy atom. The zero-order chi connectivity index (χ0) is 19.5. The van der Waals surface area contributed by atoms with Crippen LogP contribution in [0, 0.1) is 0 Å². The molecule has 1 atom stereocenters. The van der Waals surface area contributed by atoms with Crippen LogP contribution >= 0.6 is 0 Å². The van der Waals surface area contributed by atoms with Gasteiger partial charge < -0.3 is 10.4 Å². The van der Waals surface area contributed by atoms with E-state index in [0.717, 1.165) is 28.6 Å². The van der Waals surface area contributed by atoms with Crippen LogP contribution in [0.4, 0.5) is 13.2 Å². The van der Waals surface area contributed by atoms with E-state index in [2.05, 4.69) is 0 Å². The van der Waals surface area contributed by atoms with E-state index in [-0.39, 0.29) is 23.4 Å². The number of carboxylic acid groups (broad SMARTS) is 1. The average molecular weight is 394 g/mol. The van der Waals surface area contributed by atoms with E-state index in [1.165, 1.54) is 0 Å². The molecule has 0 saturated carbocycles. The van der Waals surface area contributed by atoms with Crippen molar-refractivity contribution >= 4 is 21.9 Å². The number of hydrogen-bond acceptors (Lipinski definition) is 4. The molecule has 1 saturated heterocycles. The lowest BCUT2D eigenvalue weighted by Gasteiger charge is -2.31. The van der Waals surface area contributed by atoms with Crippen molar-refractivity contribution in [1.29, 1.82) is 0 Å². The fraction of sp³-hybridized carbons (Fsp3) is 0.467. The molecular weight excluding hydrogens is 377 g/mol. The highest BCUT2D eigenvalue weighted by atomic mass is 32.2. The topological polar surface area (TPSA) is 104 Å². The molecule has 1 aromatic carbocycles. The quantitative estimate of drug-likeness (QED) is 0.790. The average Bonchev–Trinajstić information content (AvgIpc) is 2.59. The number of hydrogen-bond donors (Lipinski definition) is 2. The molecule has 2 rings (SSSR count). The number of amides is 1. The van der Waals surface area contributed by atoms with Gasteiger partial charge in [0.05, 0.1) is 4.90 Å². The molecule has 144 valence electrons. The van der Waals surface area contributed by atoms with Crippen LogP contribution < -0.4 is 5.32 Å². The molecule has 0 bridgehead atoms. The van der Waals surface area contributed by atoms with E-state index >= 15 is 0 Å². The van der Waals surface area contributed by atoms with E-state index < -0.39 is 40.7 Å². The first-order valence-corrected chi connectivity index (χ1v) is 9.16. The highest BCUT2D eigenvalue weighted by Crippen LogP contribution is 2.25. The van der Waals surface area contributed by atoms with E-state index in [1.54, 1.807) is 5.32 Å². The maximum atomic E-state index is 12.7. The van der Waals surface area contributed by atoms with Gasteiger partial charge in [-0.2, -0.15) is 17.5 Å². The smallest absolute Gasteiger partial charge is 0.405 e. The highest BCUT2D eigenvalue weighted by Gasteiger charge is 2.37. The van der Waals surface area contributed by atoms with Crippen LogP contribution in [0.25, 0.3) is 0 Å². The summed E-state index contributed by atoms with van der Waals surface area (Å²) < 4.78 is 62.5. The Morgan fingerprint density at radius 2 is 1.81 bits per heavy atom. The molecule has 1 fully saturated rings. The lowest BCUT2D eigenvalue weighted by molar-refractivity contribution is -0.142. The maximum absolute atomic E-state index is 12.7. The van der Waals surface area contributed by atoms with E-state index in [0.29, 0.717) is 12.8 Å². The van der Waals surface area contributed by atoms with Crippen LogP contribution in [0.5, 0.6) is 0 Å². The highest BCUT2D eigenvalue weighted by molar-refractivity contribution is 7.89. The maximum Gasteiger partial charge on any atom is 0.405 e. The third-order valence-electron chi connectivity index (χ3n) is 3.91. The number of carbonyl (C=O) groups excluding carboxylic acids is 1. The van der Waals surface area contributed by atoms with Gasteiger partial charge in [-0.05, 0) is 43.5 Å². The van der Waals surface area contributed by atoms with Gasteiger partial charge in [0.15, 0.2) is 0 Å². The van der Waals surface area contributed by atoms with Crippen molar-refractivity contribution in [2.75, 3.05) is 13.1 Å². The molecular formula is C15H17F3N2O5S. The lowest BCUT2D eigenvalue weighted by atomic mass is 10.1. The molecule has 0 spiro atoms. The largest absolute Gasteiger partial charge is 0.480 e. The number of carboxylic acids is 1. The summed E-state index contributed by atoms with van der Waals surface area (Å²) in [6.45, 7) is -1.44. The van der Waals surface area contributed by atoms with E-state index in [1.807, 2.05) is 0 Å². The van der Waals surface area contributed by atoms with Crippen molar-refractivity contribution in [3.8, 4) is 0 Å². The van der Waals surface area contributed by atoms with Crippen LogP contribution in [-0.4, -0.2) is 55.0 Å². The number of rotatable bonds is 5. The Bertz CT molecular complexity index is 777. The first kappa shape index (κ1) is 20.2. The summed E-state index contributed by atoms with van der Waals surface area (Å²) in [4.78, 5) is 22.7. The molecule has 0 aliphatic carbocycles. The number of halogens is 3. The van der Waals surface area contributed by atoms with Gasteiger partial charge in [0, 0.05) is 12.1 Å². The minimum atomic E-state index is -4.56. The molecule has 7 nitrogen and oxygen atoms in total. The number of sulfonamides is 1. The zero-order valence-electron chi connectivity index (χ0n) is 13.5. The molecule has 1 aliphatic heterocycles. The Kier molecular flexibility index (Phi) is 5.91. The number of nitrogens with one attached hydrogen (secondary N) is 1. The van der Waals surface area contributed by atoms with Crippen LogP contribution in [0.15, 0.2) is 29.2 Å². The molecule has 1 amide bonds. The molecule has 26 heavy (non-hydrogen) atoms. The first-order chi connectivity index (χ1) is 12.0. The number of aliphatic carboxylic acids is 1. The minimum absolute atomic E-state index is 0.0626. The van der Waals surface area contributed by atoms with Crippen molar-refractivity contribution in [1.82, 2.24) is 9.62 Å². The Labute approximate surface area is 147 Å². The SMILES string of the molecule is O=C(NCC(F)(F)F)c1ccc(S(=O)(=O)N2CCCCC2C(=O)O)cc1. The van der Waals surface area contributed by atoms with Crippen LogP contribution in [-0.2, 0) is 14.8 Å². The second-order valence-corrected chi connectivity index (χ2v) is 7.68. The summed E-state index contributed by atoms with van der Waals surface area (Å²) in [5.41, 5.74) is -0.137. The fourth-order valence-corrected chi connectivity index (χ4v) is 4.29. The first-order valence-electron chi connectivity index (χ1n) is 7.72. The molecule has 1 aliphatic rings. The van der Waals surface area contributed by atoms with Gasteiger partial charge in [-0.1, -0.05) is 0 Å². The predicted molar refractivity (Wildman–Crippen MR) is 84.0 cm³/mol. The second kappa shape index (κ2) is 7.62. The van der Waals surface area contributed by atoms with Gasteiger partial charge in [0.25, 0.3) is 5.91 Å². The minimum Gasteiger partial charge on any atom is -0.480 e. The van der Waals surface area contributed by atoms with Crippen LogP contribution in [0.1, 0.15) is 29.6 Å². The van der Waals surface area contributed by atoms with Crippen molar-refractivity contribution in [3.05, 3.63) is 29.8 Å². The summed E-state index contributed by atoms with van der Waals surface area (Å²) in [6, 6.07) is 3.15. The van der Waals surface area contributed by atoms with Gasteiger partial charge in [-0.3, -0.25) is 9.59 Å². The molecule has 1 unspecified atom stereocenters. The lowest BCUT2D eigenvalue weighted by Crippen LogP contribution is -2.47. The van der Waals surface area contributed by atoms with E-state index in [9.17, 15) is 36.3 Å². The number of carbonyl (C=O) groups is 2. The van der Waals surface area contributed by atoms with Crippen LogP contribution in [0.3, 0.4) is 0 Å². The van der Waals surface area contributed by atoms with Crippen LogP contribution in [0.2, 0.25) is 0 Å². The summed E-state index contributed by atoms with van der Waals surface area (Å²) >= 11 is 0. The molecule has 0 aromatic heterocycles. The summed E-state index contributed by atoms with van der Waals surface area (Å²) in [7, 11) is -4.09. The van der Waals surface area contributed by atoms with Gasteiger partial charge >= 0.3 is 12.1 Å². The third-order valence-corrected chi connectivity index (χ3v) is 5.83. The monoisotopic (exact) mass is 394 g/mol. The molecule has 11 heteroatoms. The van der Waals surface area contributed by atoms with E-state index in [4.69, 9.17) is 0 Å². The Morgan fingerprint density at radius 3 is 2.35 bits per heavy atom. The number of alkyl halides is 3. The zero-order valence-corrected chi connectivity index (χ0v) is 14.3. The number of piperidine rings is 1. The molecule has 0 radical (unpaired) electrons. The summed E-state index contributed by atoms with van der Waals surface area (Å²) in [6.07, 6.45) is -3.23. The van der Waals surface area contributed by atoms with Crippen molar-refractivity contribution in [3.63, 3.8) is 0 Å². The standard InChI is InChI=1S/C15H17F3N2O5S/c16-15(17,18)9-19-13(21)10-4-6-11(7-5-10)26(24,25)20-8-2-1-3-12(20)14(22)23/h4-7,12H,1-3,8-9H2,(H,19,21)(H,22,23). The van der Waals surface area contributed by atoms with Gasteiger partial charge in [-0.15, -0.1) is 0 Å². The number of benzene rings is 1. The molecule has 2 N–H and O–H groups in total. The third kappa shape index (κ3) is 4.73. The summed E-state index contributed by atoms with van der Waals surface area (Å²) in [5.74, 6) is -2.23. The Hall–Kier alpha value is -2.14. The molecule has 1 aromatic rings. The van der Waals surface area contributed by atoms with Crippen molar-refractivity contribution in [2.45, 2.75) is 36.4 Å². The molecule has 1 heterocycles.